The molecule has 0 unspecified atom stereocenters. The van der Waals surface area contributed by atoms with E-state index in [9.17, 15) is 20.1 Å². The predicted octanol–water partition coefficient (Wildman–Crippen LogP) is 11.3. The summed E-state index contributed by atoms with van der Waals surface area (Å²) in [5.74, 6) is -1.07. The summed E-state index contributed by atoms with van der Waals surface area (Å²) in [5.41, 5.74) is 5.40. The van der Waals surface area contributed by atoms with Crippen molar-refractivity contribution in [1.29, 1.82) is 0 Å². The zero-order chi connectivity index (χ0) is 36.8. The van der Waals surface area contributed by atoms with Crippen molar-refractivity contribution in [3.8, 4) is 5.75 Å². The molecule has 0 saturated carbocycles. The largest absolute Gasteiger partial charge is 0.507 e. The highest BCUT2D eigenvalue weighted by atomic mass is 16.3. The molecule has 0 amide bonds. The maximum absolute atomic E-state index is 13.8. The van der Waals surface area contributed by atoms with E-state index < -0.39 is 5.78 Å². The smallest absolute Gasteiger partial charge is 0.219 e. The first-order valence-corrected chi connectivity index (χ1v) is 17.7. The number of rotatable bonds is 6. The molecule has 0 aromatic heterocycles. The number of nitrogens with zero attached hydrogens (tertiary/aromatic N) is 2. The summed E-state index contributed by atoms with van der Waals surface area (Å²) < 4.78 is 2.05. The summed E-state index contributed by atoms with van der Waals surface area (Å²) in [4.78, 5) is 15.8. The van der Waals surface area contributed by atoms with Crippen LogP contribution in [-0.4, -0.2) is 26.8 Å². The number of carbonyl (C=O) groups is 1. The third kappa shape index (κ3) is 5.45. The number of aromatic hydroxyl groups is 1. The number of Topliss-reactive ketones (excluding diaryl/α,β-unsaturated/α-hetero) is 1. The molecule has 0 radical (unpaired) electrons. The second-order valence-electron chi connectivity index (χ2n) is 13.2. The van der Waals surface area contributed by atoms with Crippen molar-refractivity contribution in [2.45, 2.75) is 0 Å². The minimum absolute atomic E-state index is 0.00406. The van der Waals surface area contributed by atoms with Gasteiger partial charge in [-0.2, -0.15) is 4.58 Å². The number of fused-ring (bicyclic) bond motifs is 2. The molecule has 0 heterocycles. The molecule has 258 valence electrons. The molecule has 6 nitrogen and oxygen atoms in total. The van der Waals surface area contributed by atoms with Gasteiger partial charge in [-0.3, -0.25) is 4.79 Å². The van der Waals surface area contributed by atoms with Gasteiger partial charge < -0.3 is 20.2 Å². The van der Waals surface area contributed by atoms with E-state index in [1.54, 1.807) is 24.3 Å². The lowest BCUT2D eigenvalue weighted by Gasteiger charge is -2.28. The fourth-order valence-corrected chi connectivity index (χ4v) is 7.46. The highest BCUT2D eigenvalue weighted by molar-refractivity contribution is 6.40. The van der Waals surface area contributed by atoms with E-state index >= 15 is 0 Å². The van der Waals surface area contributed by atoms with E-state index in [2.05, 4.69) is 45.9 Å². The van der Waals surface area contributed by atoms with E-state index in [1.807, 2.05) is 121 Å². The maximum Gasteiger partial charge on any atom is 0.219 e. The number of aliphatic hydroxyl groups is 2. The van der Waals surface area contributed by atoms with Crippen LogP contribution in [-0.2, 0) is 4.79 Å². The molecule has 0 spiro atoms. The van der Waals surface area contributed by atoms with Crippen LogP contribution in [0.2, 0.25) is 0 Å². The Morgan fingerprint density at radius 1 is 0.537 bits per heavy atom. The number of carbonyl (C=O) groups excluding carboxylic acids is 1. The van der Waals surface area contributed by atoms with Crippen molar-refractivity contribution in [3.05, 3.63) is 210 Å². The van der Waals surface area contributed by atoms with Crippen LogP contribution >= 0.6 is 0 Å². The number of phenols is 1. The van der Waals surface area contributed by atoms with Crippen LogP contribution in [0.15, 0.2) is 205 Å². The number of hydrogen-bond acceptors (Lipinski definition) is 5. The molecule has 7 aromatic carbocycles. The highest BCUT2D eigenvalue weighted by Crippen LogP contribution is 2.46. The Morgan fingerprint density at radius 2 is 1.17 bits per heavy atom. The topological polar surface area (TPSA) is 84.0 Å². The molecule has 0 aliphatic heterocycles. The van der Waals surface area contributed by atoms with E-state index in [0.29, 0.717) is 11.4 Å². The van der Waals surface area contributed by atoms with Crippen molar-refractivity contribution in [2.75, 3.05) is 4.90 Å². The summed E-state index contributed by atoms with van der Waals surface area (Å²) in [6.45, 7) is 0. The molecule has 9 rings (SSSR count). The van der Waals surface area contributed by atoms with Gasteiger partial charge in [0, 0.05) is 58.2 Å². The number of ketones is 1. The van der Waals surface area contributed by atoms with Crippen molar-refractivity contribution >= 4 is 67.0 Å². The molecule has 54 heavy (non-hydrogen) atoms. The Labute approximate surface area is 311 Å². The quantitative estimate of drug-likeness (QED) is 0.119. The summed E-state index contributed by atoms with van der Waals surface area (Å²) >= 11 is 0. The summed E-state index contributed by atoms with van der Waals surface area (Å²) in [7, 11) is 0. The number of aliphatic hydroxyl groups excluding tert-OH is 2. The van der Waals surface area contributed by atoms with Crippen LogP contribution in [0.25, 0.3) is 27.1 Å². The summed E-state index contributed by atoms with van der Waals surface area (Å²) in [5, 5.41) is 38.5. The predicted molar refractivity (Wildman–Crippen MR) is 219 cm³/mol. The lowest BCUT2D eigenvalue weighted by Crippen LogP contribution is -2.24. The van der Waals surface area contributed by atoms with Gasteiger partial charge in [0.25, 0.3) is 0 Å². The van der Waals surface area contributed by atoms with E-state index in [4.69, 9.17) is 0 Å². The standard InChI is InChI=1S/C48H32N2O4/c51-43-29-35(49(33-17-3-1-4-18-33)41-23-11-15-31-13-7-9-21-37(31)41)25-27-39(43)45-47(53)46(48(45)54)40-28-26-36(30-44(40)52)50(34-19-5-2-6-20-34)42-24-12-16-32-14-8-10-22-38(32)42/h1-30H,(H2,51,52,53,54)/p+1. The third-order valence-corrected chi connectivity index (χ3v) is 9.99. The fourth-order valence-electron chi connectivity index (χ4n) is 7.46. The fraction of sp³-hybridized carbons (Fsp3) is 0. The van der Waals surface area contributed by atoms with Gasteiger partial charge in [0.1, 0.15) is 17.3 Å². The summed E-state index contributed by atoms with van der Waals surface area (Å²) in [6.07, 6.45) is 5.08. The average Bonchev–Trinajstić information content (AvgIpc) is 3.21. The van der Waals surface area contributed by atoms with Crippen LogP contribution in [0, 0.1) is 0 Å². The Balaban J connectivity index is 1.10. The molecule has 7 aromatic rings. The van der Waals surface area contributed by atoms with Crippen LogP contribution in [0.4, 0.5) is 28.4 Å². The van der Waals surface area contributed by atoms with E-state index in [1.165, 1.54) is 0 Å². The molecule has 0 atom stereocenters. The maximum atomic E-state index is 13.8. The zero-order valence-corrected chi connectivity index (χ0v) is 29.0. The van der Waals surface area contributed by atoms with Gasteiger partial charge in [0.15, 0.2) is 0 Å². The minimum Gasteiger partial charge on any atom is -0.507 e. The Kier molecular flexibility index (Phi) is 7.98. The van der Waals surface area contributed by atoms with Gasteiger partial charge in [0.2, 0.25) is 22.9 Å². The molecule has 3 N–H and O–H groups in total. The van der Waals surface area contributed by atoms with Crippen molar-refractivity contribution in [1.82, 2.24) is 4.58 Å². The second-order valence-corrected chi connectivity index (χ2v) is 13.2. The van der Waals surface area contributed by atoms with E-state index in [0.717, 1.165) is 44.3 Å². The average molecular weight is 702 g/mol. The van der Waals surface area contributed by atoms with Crippen molar-refractivity contribution in [3.63, 3.8) is 0 Å². The molecule has 0 bridgehead atoms. The minimum atomic E-state index is -0.471. The molecular formula is C48H33N2O4+. The molecule has 2 aliphatic carbocycles. The lowest BCUT2D eigenvalue weighted by molar-refractivity contribution is -0.111. The van der Waals surface area contributed by atoms with Crippen molar-refractivity contribution < 1.29 is 20.1 Å². The number of para-hydroxylation sites is 2. The van der Waals surface area contributed by atoms with Gasteiger partial charge in [-0.1, -0.05) is 103 Å². The highest BCUT2D eigenvalue weighted by Gasteiger charge is 2.40. The van der Waals surface area contributed by atoms with E-state index in [-0.39, 0.29) is 39.6 Å². The Hall–Kier alpha value is -7.44. The van der Waals surface area contributed by atoms with Gasteiger partial charge in [0.05, 0.1) is 28.3 Å². The van der Waals surface area contributed by atoms with Gasteiger partial charge in [-0.05, 0) is 53.2 Å². The monoisotopic (exact) mass is 701 g/mol. The number of hydrogen-bond donors (Lipinski definition) is 3. The van der Waals surface area contributed by atoms with Crippen LogP contribution < -0.4 is 9.48 Å². The first-order chi connectivity index (χ1) is 26.5. The molecule has 6 heteroatoms. The lowest BCUT2D eigenvalue weighted by atomic mass is 9.79. The summed E-state index contributed by atoms with van der Waals surface area (Å²) in [6, 6.07) is 53.2. The van der Waals surface area contributed by atoms with Crippen LogP contribution in [0.5, 0.6) is 5.75 Å². The van der Waals surface area contributed by atoms with Gasteiger partial charge in [-0.15, -0.1) is 0 Å². The molecule has 0 saturated heterocycles. The number of benzene rings is 7. The van der Waals surface area contributed by atoms with Gasteiger partial charge >= 0.3 is 0 Å². The van der Waals surface area contributed by atoms with Crippen LogP contribution in [0.3, 0.4) is 0 Å². The van der Waals surface area contributed by atoms with Crippen molar-refractivity contribution in [2.24, 2.45) is 0 Å². The normalized spacial score (nSPS) is 16.4. The Bertz CT molecular complexity index is 2800. The number of allylic oxidation sites excluding steroid dienone is 5. The van der Waals surface area contributed by atoms with Gasteiger partial charge in [-0.25, -0.2) is 0 Å². The molecular weight excluding hydrogens is 669 g/mol. The molecule has 0 fully saturated rings. The van der Waals surface area contributed by atoms with Crippen LogP contribution in [0.1, 0.15) is 5.56 Å². The first kappa shape index (κ1) is 32.5. The Morgan fingerprint density at radius 3 is 1.87 bits per heavy atom. The number of anilines is 3. The zero-order valence-electron chi connectivity index (χ0n) is 29.0. The SMILES string of the molecule is O=C1C(c2ccc(N(c3ccccc3)c3cccc4ccccc34)cc2O)=C(O)/C1=C1/C=CC(=[N+](c2ccccc2)c2cccc3ccccc23)C=C1O. The second kappa shape index (κ2) is 13.3. The first-order valence-electron chi connectivity index (χ1n) is 17.7. The molecule has 2 aliphatic rings. The third-order valence-electron chi connectivity index (χ3n) is 9.99. The number of phenolic OH excluding ortho intramolecular Hbond substituents is 1.